The van der Waals surface area contributed by atoms with E-state index in [1.165, 1.54) is 4.90 Å². The average molecular weight is 324 g/mol. The first-order valence-corrected chi connectivity index (χ1v) is 8.51. The Morgan fingerprint density at radius 3 is 2.38 bits per heavy atom. The SMILES string of the molecule is C[C@H](C(=O)N1CCc2ccccc21)N1C(=O)[C@H]2CC=CC[C@@H]2C1=O. The van der Waals surface area contributed by atoms with Gasteiger partial charge in [0.05, 0.1) is 11.8 Å². The maximum atomic E-state index is 13.0. The minimum Gasteiger partial charge on any atom is -0.310 e. The summed E-state index contributed by atoms with van der Waals surface area (Å²) in [5.41, 5.74) is 2.03. The second kappa shape index (κ2) is 5.58. The van der Waals surface area contributed by atoms with Gasteiger partial charge in [0, 0.05) is 12.2 Å². The fourth-order valence-corrected chi connectivity index (χ4v) is 4.11. The van der Waals surface area contributed by atoms with Crippen LogP contribution in [-0.2, 0) is 20.8 Å². The molecule has 0 bridgehead atoms. The standard InChI is InChI=1S/C19H20N2O3/c1-12(17(22)20-11-10-13-6-2-5-9-16(13)20)21-18(23)14-7-3-4-8-15(14)19(21)24/h2-6,9,12,14-15H,7-8,10-11H2,1H3/t12-,14+,15+/m1/s1. The maximum absolute atomic E-state index is 13.0. The monoisotopic (exact) mass is 324 g/mol. The van der Waals surface area contributed by atoms with Crippen LogP contribution < -0.4 is 4.90 Å². The number of nitrogens with zero attached hydrogens (tertiary/aromatic N) is 2. The lowest BCUT2D eigenvalue weighted by Crippen LogP contribution is -2.49. The highest BCUT2D eigenvalue weighted by Crippen LogP contribution is 2.37. The van der Waals surface area contributed by atoms with E-state index in [1.807, 2.05) is 36.4 Å². The summed E-state index contributed by atoms with van der Waals surface area (Å²) in [4.78, 5) is 41.2. The molecule has 1 aromatic rings. The number of carbonyl (C=O) groups excluding carboxylic acids is 3. The van der Waals surface area contributed by atoms with Gasteiger partial charge >= 0.3 is 0 Å². The van der Waals surface area contributed by atoms with Crippen LogP contribution in [0, 0.1) is 11.8 Å². The van der Waals surface area contributed by atoms with Crippen LogP contribution in [0.3, 0.4) is 0 Å². The summed E-state index contributed by atoms with van der Waals surface area (Å²) in [6.07, 6.45) is 5.92. The zero-order valence-corrected chi connectivity index (χ0v) is 13.6. The largest absolute Gasteiger partial charge is 0.310 e. The summed E-state index contributed by atoms with van der Waals surface area (Å²) in [7, 11) is 0. The van der Waals surface area contributed by atoms with E-state index in [2.05, 4.69) is 0 Å². The summed E-state index contributed by atoms with van der Waals surface area (Å²) in [6.45, 7) is 2.27. The number of hydrogen-bond donors (Lipinski definition) is 0. The van der Waals surface area contributed by atoms with Crippen molar-refractivity contribution in [3.63, 3.8) is 0 Å². The molecule has 1 saturated heterocycles. The first kappa shape index (κ1) is 15.1. The third kappa shape index (κ3) is 2.11. The van der Waals surface area contributed by atoms with Crippen LogP contribution in [0.25, 0.3) is 0 Å². The Kier molecular flexibility index (Phi) is 3.52. The number of amides is 3. The third-order valence-electron chi connectivity index (χ3n) is 5.44. The normalized spacial score (nSPS) is 26.5. The van der Waals surface area contributed by atoms with Crippen molar-refractivity contribution in [3.05, 3.63) is 42.0 Å². The van der Waals surface area contributed by atoms with E-state index in [9.17, 15) is 14.4 Å². The van der Waals surface area contributed by atoms with Gasteiger partial charge in [0.25, 0.3) is 0 Å². The number of imide groups is 1. The molecule has 1 fully saturated rings. The zero-order chi connectivity index (χ0) is 16.8. The second-order valence-corrected chi connectivity index (χ2v) is 6.75. The predicted molar refractivity (Wildman–Crippen MR) is 89.2 cm³/mol. The second-order valence-electron chi connectivity index (χ2n) is 6.75. The van der Waals surface area contributed by atoms with Crippen LogP contribution in [0.15, 0.2) is 36.4 Å². The highest BCUT2D eigenvalue weighted by Gasteiger charge is 2.50. The first-order chi connectivity index (χ1) is 11.6. The molecule has 0 unspecified atom stereocenters. The van der Waals surface area contributed by atoms with Gasteiger partial charge in [-0.1, -0.05) is 30.4 Å². The molecule has 2 aliphatic heterocycles. The van der Waals surface area contributed by atoms with E-state index in [-0.39, 0.29) is 29.6 Å². The van der Waals surface area contributed by atoms with Crippen molar-refractivity contribution >= 4 is 23.4 Å². The van der Waals surface area contributed by atoms with Gasteiger partial charge < -0.3 is 4.90 Å². The number of anilines is 1. The van der Waals surface area contributed by atoms with Crippen molar-refractivity contribution in [2.75, 3.05) is 11.4 Å². The van der Waals surface area contributed by atoms with Gasteiger partial charge in [-0.05, 0) is 37.8 Å². The van der Waals surface area contributed by atoms with Crippen molar-refractivity contribution in [3.8, 4) is 0 Å². The van der Waals surface area contributed by atoms with Crippen LogP contribution in [0.5, 0.6) is 0 Å². The van der Waals surface area contributed by atoms with Crippen molar-refractivity contribution in [1.29, 1.82) is 0 Å². The molecular formula is C19H20N2O3. The molecule has 24 heavy (non-hydrogen) atoms. The van der Waals surface area contributed by atoms with Crippen molar-refractivity contribution < 1.29 is 14.4 Å². The quantitative estimate of drug-likeness (QED) is 0.617. The minimum atomic E-state index is -0.748. The Balaban J connectivity index is 1.58. The van der Waals surface area contributed by atoms with Gasteiger partial charge in [0.1, 0.15) is 6.04 Å². The molecule has 124 valence electrons. The lowest BCUT2D eigenvalue weighted by Gasteiger charge is -2.27. The van der Waals surface area contributed by atoms with Crippen LogP contribution >= 0.6 is 0 Å². The van der Waals surface area contributed by atoms with Gasteiger partial charge in [-0.2, -0.15) is 0 Å². The number of allylic oxidation sites excluding steroid dienone is 2. The van der Waals surface area contributed by atoms with Crippen LogP contribution in [0.4, 0.5) is 5.69 Å². The number of benzene rings is 1. The van der Waals surface area contributed by atoms with Crippen molar-refractivity contribution in [2.45, 2.75) is 32.2 Å². The van der Waals surface area contributed by atoms with E-state index in [0.717, 1.165) is 17.7 Å². The smallest absolute Gasteiger partial charge is 0.250 e. The van der Waals surface area contributed by atoms with Crippen LogP contribution in [0.2, 0.25) is 0 Å². The molecule has 5 heteroatoms. The Bertz CT molecular complexity index is 729. The molecule has 1 aliphatic carbocycles. The molecule has 0 radical (unpaired) electrons. The van der Waals surface area contributed by atoms with E-state index >= 15 is 0 Å². The number of carbonyl (C=O) groups is 3. The highest BCUT2D eigenvalue weighted by molar-refractivity contribution is 6.10. The number of rotatable bonds is 2. The van der Waals surface area contributed by atoms with Crippen LogP contribution in [-0.4, -0.2) is 35.2 Å². The van der Waals surface area contributed by atoms with Crippen LogP contribution in [0.1, 0.15) is 25.3 Å². The molecule has 2 heterocycles. The topological polar surface area (TPSA) is 57.7 Å². The Morgan fingerprint density at radius 1 is 1.08 bits per heavy atom. The molecule has 3 amide bonds. The summed E-state index contributed by atoms with van der Waals surface area (Å²) < 4.78 is 0. The van der Waals surface area contributed by atoms with Gasteiger partial charge in [0.15, 0.2) is 0 Å². The summed E-state index contributed by atoms with van der Waals surface area (Å²) in [5.74, 6) is -1.13. The zero-order valence-electron chi connectivity index (χ0n) is 13.6. The number of para-hydroxylation sites is 1. The molecule has 5 nitrogen and oxygen atoms in total. The van der Waals surface area contributed by atoms with Gasteiger partial charge in [-0.3, -0.25) is 19.3 Å². The molecule has 0 aromatic heterocycles. The van der Waals surface area contributed by atoms with E-state index in [4.69, 9.17) is 0 Å². The molecule has 3 atom stereocenters. The fourth-order valence-electron chi connectivity index (χ4n) is 4.11. The van der Waals surface area contributed by atoms with E-state index in [0.29, 0.717) is 19.4 Å². The first-order valence-electron chi connectivity index (χ1n) is 8.51. The predicted octanol–water partition coefficient (Wildman–Crippen LogP) is 1.92. The molecule has 4 rings (SSSR count). The van der Waals surface area contributed by atoms with Crippen molar-refractivity contribution in [2.24, 2.45) is 11.8 Å². The Morgan fingerprint density at radius 2 is 1.71 bits per heavy atom. The molecule has 0 N–H and O–H groups in total. The van der Waals surface area contributed by atoms with Gasteiger partial charge in [-0.25, -0.2) is 0 Å². The number of likely N-dealkylation sites (tertiary alicyclic amines) is 1. The third-order valence-corrected chi connectivity index (χ3v) is 5.44. The lowest BCUT2D eigenvalue weighted by atomic mass is 9.85. The number of fused-ring (bicyclic) bond motifs is 2. The van der Waals surface area contributed by atoms with Gasteiger partial charge in [-0.15, -0.1) is 0 Å². The molecule has 0 saturated carbocycles. The molecule has 1 aromatic carbocycles. The average Bonchev–Trinajstić information content (AvgIpc) is 3.14. The minimum absolute atomic E-state index is 0.173. The van der Waals surface area contributed by atoms with Crippen molar-refractivity contribution in [1.82, 2.24) is 4.90 Å². The molecule has 3 aliphatic rings. The summed E-state index contributed by atoms with van der Waals surface area (Å²) in [6, 6.07) is 7.05. The maximum Gasteiger partial charge on any atom is 0.250 e. The molecule has 0 spiro atoms. The lowest BCUT2D eigenvalue weighted by molar-refractivity contribution is -0.146. The van der Waals surface area contributed by atoms with E-state index < -0.39 is 6.04 Å². The molecular weight excluding hydrogens is 304 g/mol. The Hall–Kier alpha value is -2.43. The summed E-state index contributed by atoms with van der Waals surface area (Å²) >= 11 is 0. The van der Waals surface area contributed by atoms with Gasteiger partial charge in [0.2, 0.25) is 17.7 Å². The summed E-state index contributed by atoms with van der Waals surface area (Å²) in [5, 5.41) is 0. The Labute approximate surface area is 140 Å². The van der Waals surface area contributed by atoms with E-state index in [1.54, 1.807) is 11.8 Å². The number of hydrogen-bond acceptors (Lipinski definition) is 3. The highest BCUT2D eigenvalue weighted by atomic mass is 16.2. The fraction of sp³-hybridized carbons (Fsp3) is 0.421.